The number of nitrogens with zero attached hydrogens (tertiary/aromatic N) is 4. The Labute approximate surface area is 166 Å². The van der Waals surface area contributed by atoms with Crippen molar-refractivity contribution in [2.75, 3.05) is 7.05 Å². The Morgan fingerprint density at radius 3 is 2.54 bits per heavy atom. The van der Waals surface area contributed by atoms with Crippen LogP contribution in [0.3, 0.4) is 0 Å². The number of hydrogen-bond donors (Lipinski definition) is 0. The highest BCUT2D eigenvalue weighted by molar-refractivity contribution is 6.30. The Hall–Kier alpha value is -3.38. The molecule has 140 valence electrons. The van der Waals surface area contributed by atoms with Crippen LogP contribution in [-0.2, 0) is 6.54 Å². The van der Waals surface area contributed by atoms with Crippen molar-refractivity contribution in [1.82, 2.24) is 19.8 Å². The molecule has 0 aliphatic heterocycles. The molecule has 28 heavy (non-hydrogen) atoms. The van der Waals surface area contributed by atoms with Gasteiger partial charge in [0.2, 0.25) is 0 Å². The summed E-state index contributed by atoms with van der Waals surface area (Å²) in [4.78, 5) is 14.5. The van der Waals surface area contributed by atoms with Gasteiger partial charge in [0.15, 0.2) is 5.69 Å². The van der Waals surface area contributed by atoms with Gasteiger partial charge in [-0.15, -0.1) is 0 Å². The maximum atomic E-state index is 12.9. The lowest BCUT2D eigenvalue weighted by atomic mass is 10.1. The SMILES string of the molecule is CN(Cc1ccon1)C(=O)c1cc(-c2ccccc2)n(-c2ccc(Cl)cc2)n1. The minimum atomic E-state index is -0.201. The van der Waals surface area contributed by atoms with Crippen LogP contribution in [-0.4, -0.2) is 32.8 Å². The van der Waals surface area contributed by atoms with Crippen molar-refractivity contribution in [2.24, 2.45) is 0 Å². The molecule has 0 N–H and O–H groups in total. The van der Waals surface area contributed by atoms with Crippen molar-refractivity contribution in [3.8, 4) is 16.9 Å². The lowest BCUT2D eigenvalue weighted by molar-refractivity contribution is 0.0776. The van der Waals surface area contributed by atoms with Crippen LogP contribution in [0.5, 0.6) is 0 Å². The Kier molecular flexibility index (Phi) is 4.95. The largest absolute Gasteiger partial charge is 0.364 e. The number of halogens is 1. The Morgan fingerprint density at radius 2 is 1.86 bits per heavy atom. The van der Waals surface area contributed by atoms with Crippen LogP contribution in [0.4, 0.5) is 0 Å². The molecule has 0 aliphatic carbocycles. The van der Waals surface area contributed by atoms with E-state index in [9.17, 15) is 4.79 Å². The van der Waals surface area contributed by atoms with Crippen molar-refractivity contribution in [3.63, 3.8) is 0 Å². The highest BCUT2D eigenvalue weighted by Crippen LogP contribution is 2.25. The van der Waals surface area contributed by atoms with Gasteiger partial charge in [0.05, 0.1) is 17.9 Å². The summed E-state index contributed by atoms with van der Waals surface area (Å²) < 4.78 is 6.58. The van der Waals surface area contributed by atoms with Gasteiger partial charge in [0.25, 0.3) is 5.91 Å². The number of aromatic nitrogens is 3. The molecule has 0 unspecified atom stereocenters. The summed E-state index contributed by atoms with van der Waals surface area (Å²) in [5.74, 6) is -0.201. The fourth-order valence-electron chi connectivity index (χ4n) is 2.91. The highest BCUT2D eigenvalue weighted by atomic mass is 35.5. The zero-order valence-electron chi connectivity index (χ0n) is 15.1. The summed E-state index contributed by atoms with van der Waals surface area (Å²) >= 11 is 6.02. The second kappa shape index (κ2) is 7.70. The molecular formula is C21H17ClN4O2. The topological polar surface area (TPSA) is 64.2 Å². The Morgan fingerprint density at radius 1 is 1.11 bits per heavy atom. The predicted molar refractivity (Wildman–Crippen MR) is 106 cm³/mol. The van der Waals surface area contributed by atoms with E-state index in [0.717, 1.165) is 16.9 Å². The van der Waals surface area contributed by atoms with Gasteiger partial charge >= 0.3 is 0 Å². The number of amides is 1. The monoisotopic (exact) mass is 392 g/mol. The molecule has 6 nitrogen and oxygen atoms in total. The third kappa shape index (κ3) is 3.68. The maximum absolute atomic E-state index is 12.9. The molecule has 0 fully saturated rings. The van der Waals surface area contributed by atoms with Crippen molar-refractivity contribution < 1.29 is 9.32 Å². The van der Waals surface area contributed by atoms with Crippen LogP contribution in [0.2, 0.25) is 5.02 Å². The lowest BCUT2D eigenvalue weighted by Crippen LogP contribution is -2.26. The molecular weight excluding hydrogens is 376 g/mol. The number of hydrogen-bond acceptors (Lipinski definition) is 4. The highest BCUT2D eigenvalue weighted by Gasteiger charge is 2.20. The van der Waals surface area contributed by atoms with Crippen LogP contribution in [0.1, 0.15) is 16.2 Å². The molecule has 0 spiro atoms. The zero-order valence-corrected chi connectivity index (χ0v) is 15.9. The van der Waals surface area contributed by atoms with Crippen molar-refractivity contribution in [1.29, 1.82) is 0 Å². The van der Waals surface area contributed by atoms with E-state index in [1.165, 1.54) is 6.26 Å². The number of carbonyl (C=O) groups is 1. The lowest BCUT2D eigenvalue weighted by Gasteiger charge is -2.13. The van der Waals surface area contributed by atoms with Crippen molar-refractivity contribution in [2.45, 2.75) is 6.54 Å². The summed E-state index contributed by atoms with van der Waals surface area (Å²) in [6, 6.07) is 20.7. The van der Waals surface area contributed by atoms with Gasteiger partial charge in [-0.3, -0.25) is 4.79 Å². The number of rotatable bonds is 5. The van der Waals surface area contributed by atoms with Gasteiger partial charge in [-0.25, -0.2) is 4.68 Å². The molecule has 2 heterocycles. The standard InChI is InChI=1S/C21H17ClN4O2/c1-25(14-17-11-12-28-24-17)21(27)19-13-20(15-5-3-2-4-6-15)26(23-19)18-9-7-16(22)8-10-18/h2-13H,14H2,1H3. The molecule has 2 aromatic heterocycles. The first-order valence-corrected chi connectivity index (χ1v) is 9.06. The van der Waals surface area contributed by atoms with Crippen LogP contribution < -0.4 is 0 Å². The first-order chi connectivity index (χ1) is 13.6. The number of carbonyl (C=O) groups excluding carboxylic acids is 1. The molecule has 2 aromatic carbocycles. The quantitative estimate of drug-likeness (QED) is 0.503. The molecule has 1 amide bonds. The molecule has 0 saturated heterocycles. The molecule has 0 radical (unpaired) electrons. The first kappa shape index (κ1) is 18.0. The van der Waals surface area contributed by atoms with Crippen LogP contribution in [0.15, 0.2) is 77.5 Å². The average Bonchev–Trinajstić information content (AvgIpc) is 3.39. The number of benzene rings is 2. The average molecular weight is 393 g/mol. The van der Waals surface area contributed by atoms with Gasteiger partial charge in [-0.2, -0.15) is 5.10 Å². The Bertz CT molecular complexity index is 1070. The van der Waals surface area contributed by atoms with E-state index in [4.69, 9.17) is 16.1 Å². The Balaban J connectivity index is 1.72. The zero-order chi connectivity index (χ0) is 19.5. The predicted octanol–water partition coefficient (Wildman–Crippen LogP) is 4.45. The fourth-order valence-corrected chi connectivity index (χ4v) is 3.03. The van der Waals surface area contributed by atoms with Crippen molar-refractivity contribution >= 4 is 17.5 Å². The van der Waals surface area contributed by atoms with E-state index >= 15 is 0 Å². The second-order valence-corrected chi connectivity index (χ2v) is 6.76. The molecule has 0 aliphatic rings. The normalized spacial score (nSPS) is 10.8. The third-order valence-corrected chi connectivity index (χ3v) is 4.56. The molecule has 7 heteroatoms. The van der Waals surface area contributed by atoms with Crippen molar-refractivity contribution in [3.05, 3.63) is 89.4 Å². The minimum Gasteiger partial charge on any atom is -0.364 e. The van der Waals surface area contributed by atoms with E-state index in [-0.39, 0.29) is 5.91 Å². The van der Waals surface area contributed by atoms with E-state index in [2.05, 4.69) is 10.3 Å². The molecule has 0 saturated carbocycles. The summed E-state index contributed by atoms with van der Waals surface area (Å²) in [5, 5.41) is 9.07. The maximum Gasteiger partial charge on any atom is 0.274 e. The van der Waals surface area contributed by atoms with Gasteiger partial charge in [-0.05, 0) is 30.3 Å². The van der Waals surface area contributed by atoms with E-state index < -0.39 is 0 Å². The van der Waals surface area contributed by atoms with Crippen LogP contribution in [0, 0.1) is 0 Å². The molecule has 0 atom stereocenters. The fraction of sp³-hybridized carbons (Fsp3) is 0.0952. The van der Waals surface area contributed by atoms with Gasteiger partial charge in [0, 0.05) is 23.7 Å². The summed E-state index contributed by atoms with van der Waals surface area (Å²) in [6.45, 7) is 0.337. The smallest absolute Gasteiger partial charge is 0.274 e. The van der Waals surface area contributed by atoms with Gasteiger partial charge in [0.1, 0.15) is 12.0 Å². The summed E-state index contributed by atoms with van der Waals surface area (Å²) in [6.07, 6.45) is 1.48. The van der Waals surface area contributed by atoms with E-state index in [0.29, 0.717) is 23.0 Å². The van der Waals surface area contributed by atoms with E-state index in [1.807, 2.05) is 42.5 Å². The third-order valence-electron chi connectivity index (χ3n) is 4.31. The van der Waals surface area contributed by atoms with Gasteiger partial charge in [-0.1, -0.05) is 47.1 Å². The van der Waals surface area contributed by atoms with Gasteiger partial charge < -0.3 is 9.42 Å². The molecule has 4 aromatic rings. The molecule has 0 bridgehead atoms. The molecule has 4 rings (SSSR count). The summed E-state index contributed by atoms with van der Waals surface area (Å²) in [5.41, 5.74) is 3.63. The summed E-state index contributed by atoms with van der Waals surface area (Å²) in [7, 11) is 1.71. The van der Waals surface area contributed by atoms with Crippen LogP contribution >= 0.6 is 11.6 Å². The second-order valence-electron chi connectivity index (χ2n) is 6.32. The first-order valence-electron chi connectivity index (χ1n) is 8.68. The van der Waals surface area contributed by atoms with Crippen LogP contribution in [0.25, 0.3) is 16.9 Å². The minimum absolute atomic E-state index is 0.201. The van der Waals surface area contributed by atoms with E-state index in [1.54, 1.807) is 40.9 Å².